The maximum atomic E-state index is 12.5. The number of allylic oxidation sites excluding steroid dienone is 2. The van der Waals surface area contributed by atoms with Crippen LogP contribution >= 0.6 is 0 Å². The van der Waals surface area contributed by atoms with Gasteiger partial charge in [-0.05, 0) is 56.6 Å². The minimum absolute atomic E-state index is 0.00868. The summed E-state index contributed by atoms with van der Waals surface area (Å²) in [6, 6.07) is 0. The number of aliphatic hydroxyl groups excluding tert-OH is 2. The molecule has 146 valence electrons. The first kappa shape index (κ1) is 17.7. The SMILES string of the molecule is C[C@]12C=CC(=O)C=C1CCC1[C@@H]3C[C@@H](O)[C@](O)(C(=O)CO)[C@@]3(C)C[C@@H]3O[C@]132. The Morgan fingerprint density at radius 3 is 2.78 bits per heavy atom. The number of aliphatic hydroxyl groups is 3. The van der Waals surface area contributed by atoms with Gasteiger partial charge in [-0.3, -0.25) is 9.59 Å². The van der Waals surface area contributed by atoms with Crippen LogP contribution in [0.1, 0.15) is 39.5 Å². The lowest BCUT2D eigenvalue weighted by molar-refractivity contribution is -0.173. The molecule has 8 atom stereocenters. The van der Waals surface area contributed by atoms with E-state index in [1.165, 1.54) is 0 Å². The molecule has 0 bridgehead atoms. The number of fused-ring (bicyclic) bond motifs is 3. The number of hydrogen-bond acceptors (Lipinski definition) is 6. The van der Waals surface area contributed by atoms with Crippen LogP contribution in [-0.4, -0.2) is 56.9 Å². The van der Waals surface area contributed by atoms with E-state index in [-0.39, 0.29) is 29.1 Å². The third-order valence-corrected chi connectivity index (χ3v) is 8.72. The second-order valence-corrected chi connectivity index (χ2v) is 9.48. The smallest absolute Gasteiger partial charge is 0.192 e. The van der Waals surface area contributed by atoms with Gasteiger partial charge in [0.05, 0.1) is 12.2 Å². The van der Waals surface area contributed by atoms with Gasteiger partial charge in [-0.25, -0.2) is 0 Å². The van der Waals surface area contributed by atoms with Crippen molar-refractivity contribution >= 4 is 11.6 Å². The van der Waals surface area contributed by atoms with E-state index < -0.39 is 35.1 Å². The van der Waals surface area contributed by atoms with Gasteiger partial charge in [-0.2, -0.15) is 0 Å². The van der Waals surface area contributed by atoms with Crippen LogP contribution in [0.3, 0.4) is 0 Å². The van der Waals surface area contributed by atoms with Crippen molar-refractivity contribution in [1.82, 2.24) is 0 Å². The average Bonchev–Trinajstić information content (AvgIpc) is 3.31. The molecule has 6 nitrogen and oxygen atoms in total. The molecule has 1 unspecified atom stereocenters. The van der Waals surface area contributed by atoms with E-state index >= 15 is 0 Å². The lowest BCUT2D eigenvalue weighted by Gasteiger charge is -2.55. The largest absolute Gasteiger partial charge is 0.390 e. The van der Waals surface area contributed by atoms with E-state index in [2.05, 4.69) is 6.92 Å². The number of Topliss-reactive ketones (excluding diaryl/α,β-unsaturated/α-hetero) is 1. The van der Waals surface area contributed by atoms with Crippen molar-refractivity contribution in [2.45, 2.75) is 62.9 Å². The van der Waals surface area contributed by atoms with Crippen molar-refractivity contribution in [3.05, 3.63) is 23.8 Å². The first-order chi connectivity index (χ1) is 12.6. The summed E-state index contributed by atoms with van der Waals surface area (Å²) in [7, 11) is 0. The lowest BCUT2D eigenvalue weighted by atomic mass is 9.47. The highest BCUT2D eigenvalue weighted by atomic mass is 16.6. The summed E-state index contributed by atoms with van der Waals surface area (Å²) >= 11 is 0. The van der Waals surface area contributed by atoms with E-state index in [1.807, 2.05) is 13.0 Å². The van der Waals surface area contributed by atoms with E-state index in [1.54, 1.807) is 12.2 Å². The fourth-order valence-corrected chi connectivity index (χ4v) is 7.29. The fourth-order valence-electron chi connectivity index (χ4n) is 7.29. The van der Waals surface area contributed by atoms with Gasteiger partial charge >= 0.3 is 0 Å². The summed E-state index contributed by atoms with van der Waals surface area (Å²) in [6.45, 7) is 3.20. The van der Waals surface area contributed by atoms with E-state index in [9.17, 15) is 24.9 Å². The first-order valence-electron chi connectivity index (χ1n) is 9.82. The Bertz CT molecular complexity index is 815. The number of carbonyl (C=O) groups is 2. The number of carbonyl (C=O) groups excluding carboxylic acids is 2. The molecule has 1 saturated heterocycles. The summed E-state index contributed by atoms with van der Waals surface area (Å²) in [4.78, 5) is 24.3. The van der Waals surface area contributed by atoms with Crippen LogP contribution in [0.4, 0.5) is 0 Å². The summed E-state index contributed by atoms with van der Waals surface area (Å²) in [6.07, 6.45) is 6.33. The predicted molar refractivity (Wildman–Crippen MR) is 94.5 cm³/mol. The van der Waals surface area contributed by atoms with E-state index in [0.717, 1.165) is 18.4 Å². The van der Waals surface area contributed by atoms with Gasteiger partial charge in [0.25, 0.3) is 0 Å². The van der Waals surface area contributed by atoms with E-state index in [4.69, 9.17) is 4.74 Å². The molecule has 3 saturated carbocycles. The molecule has 1 heterocycles. The van der Waals surface area contributed by atoms with Crippen LogP contribution < -0.4 is 0 Å². The Morgan fingerprint density at radius 2 is 2.07 bits per heavy atom. The highest BCUT2D eigenvalue weighted by Crippen LogP contribution is 2.75. The van der Waals surface area contributed by atoms with Crippen LogP contribution in [-0.2, 0) is 14.3 Å². The third kappa shape index (κ3) is 1.73. The van der Waals surface area contributed by atoms with Crippen molar-refractivity contribution < 1.29 is 29.6 Å². The van der Waals surface area contributed by atoms with Crippen LogP contribution in [0.2, 0.25) is 0 Å². The highest BCUT2D eigenvalue weighted by Gasteiger charge is 2.82. The van der Waals surface area contributed by atoms with Crippen molar-refractivity contribution in [1.29, 1.82) is 0 Å². The van der Waals surface area contributed by atoms with Crippen LogP contribution in [0.5, 0.6) is 0 Å². The quantitative estimate of drug-likeness (QED) is 0.614. The first-order valence-corrected chi connectivity index (χ1v) is 9.82. The Labute approximate surface area is 157 Å². The Morgan fingerprint density at radius 1 is 1.33 bits per heavy atom. The molecule has 0 amide bonds. The molecule has 6 heteroatoms. The van der Waals surface area contributed by atoms with Gasteiger partial charge < -0.3 is 20.1 Å². The molecule has 4 aliphatic carbocycles. The van der Waals surface area contributed by atoms with Crippen molar-refractivity contribution in [2.75, 3.05) is 6.61 Å². The van der Waals surface area contributed by atoms with Crippen LogP contribution in [0.25, 0.3) is 0 Å². The second kappa shape index (κ2) is 4.98. The molecule has 1 spiro atoms. The Hall–Kier alpha value is -1.34. The normalized spacial score (nSPS) is 55.1. The summed E-state index contributed by atoms with van der Waals surface area (Å²) in [5.41, 5.74) is -2.50. The molecular weight excluding hydrogens is 348 g/mol. The molecule has 3 N–H and O–H groups in total. The number of ketones is 2. The maximum absolute atomic E-state index is 12.5. The van der Waals surface area contributed by atoms with Crippen LogP contribution in [0.15, 0.2) is 23.8 Å². The minimum Gasteiger partial charge on any atom is -0.390 e. The fraction of sp³-hybridized carbons (Fsp3) is 0.714. The topological polar surface area (TPSA) is 107 Å². The molecule has 0 aromatic carbocycles. The number of rotatable bonds is 2. The van der Waals surface area contributed by atoms with Crippen molar-refractivity contribution in [2.24, 2.45) is 22.7 Å². The zero-order valence-corrected chi connectivity index (χ0v) is 15.6. The predicted octanol–water partition coefficient (Wildman–Crippen LogP) is 0.689. The molecule has 1 aliphatic heterocycles. The monoisotopic (exact) mass is 374 g/mol. The third-order valence-electron chi connectivity index (χ3n) is 8.72. The molecule has 0 radical (unpaired) electrons. The van der Waals surface area contributed by atoms with Gasteiger partial charge in [0.2, 0.25) is 0 Å². The lowest BCUT2D eigenvalue weighted by Crippen LogP contribution is -2.63. The number of epoxide rings is 1. The molecule has 5 aliphatic rings. The molecular formula is C21H26O6. The van der Waals surface area contributed by atoms with Gasteiger partial charge in [-0.1, -0.05) is 18.6 Å². The zero-order valence-electron chi connectivity index (χ0n) is 15.6. The summed E-state index contributed by atoms with van der Waals surface area (Å²) < 4.78 is 6.35. The van der Waals surface area contributed by atoms with Gasteiger partial charge in [-0.15, -0.1) is 0 Å². The van der Waals surface area contributed by atoms with E-state index in [0.29, 0.717) is 12.8 Å². The average molecular weight is 374 g/mol. The van der Waals surface area contributed by atoms with Gasteiger partial charge in [0, 0.05) is 10.8 Å². The molecule has 0 aromatic heterocycles. The molecule has 27 heavy (non-hydrogen) atoms. The molecule has 4 fully saturated rings. The molecule has 5 rings (SSSR count). The van der Waals surface area contributed by atoms with Crippen molar-refractivity contribution in [3.8, 4) is 0 Å². The molecule has 0 aromatic rings. The second-order valence-electron chi connectivity index (χ2n) is 9.48. The standard InChI is InChI=1S/C21H26O6/c1-18-6-5-12(23)7-11(18)3-4-13-14-8-15(24)20(26,16(25)10-22)19(14,2)9-17-21(13,18)27-17/h5-7,13-15,17,22,24,26H,3-4,8-10H2,1-2H3/t13?,14-,15+,17-,18-,19-,20-,21+/m0/s1. The number of ether oxygens (including phenoxy) is 1. The Kier molecular flexibility index (Phi) is 3.27. The summed E-state index contributed by atoms with van der Waals surface area (Å²) in [5, 5.41) is 31.3. The van der Waals surface area contributed by atoms with Crippen molar-refractivity contribution in [3.63, 3.8) is 0 Å². The zero-order chi connectivity index (χ0) is 19.4. The Balaban J connectivity index is 1.60. The van der Waals surface area contributed by atoms with Gasteiger partial charge in [0.15, 0.2) is 17.2 Å². The van der Waals surface area contributed by atoms with Gasteiger partial charge in [0.1, 0.15) is 12.2 Å². The summed E-state index contributed by atoms with van der Waals surface area (Å²) in [5.74, 6) is -0.708. The van der Waals surface area contributed by atoms with Crippen LogP contribution in [0, 0.1) is 22.7 Å². The number of hydrogen-bond donors (Lipinski definition) is 3. The minimum atomic E-state index is -1.94. The maximum Gasteiger partial charge on any atom is 0.192 e. The highest BCUT2D eigenvalue weighted by molar-refractivity contribution is 6.01.